The molecule has 3 heterocycles. The zero-order valence-electron chi connectivity index (χ0n) is 20.4. The standard InChI is InChI=1S/C27H34N4O2S/c1-20-7-6-9-26(22(20)3)29-15-17-30(18-16-29)27-13-10-23-19-24(11-12-25(23)28-27)34(32,33)31-14-5-4-8-21(31)2/h6-7,9-13,19,21H,4-5,8,14-18H2,1-3H3/t21-/m0/s1. The maximum Gasteiger partial charge on any atom is 0.243 e. The fourth-order valence-electron chi connectivity index (χ4n) is 5.25. The first-order chi connectivity index (χ1) is 16.3. The Morgan fingerprint density at radius 3 is 2.41 bits per heavy atom. The largest absolute Gasteiger partial charge is 0.368 e. The molecule has 0 aliphatic carbocycles. The smallest absolute Gasteiger partial charge is 0.243 e. The first-order valence-electron chi connectivity index (χ1n) is 12.3. The van der Waals surface area contributed by atoms with Gasteiger partial charge in [0.05, 0.1) is 10.4 Å². The summed E-state index contributed by atoms with van der Waals surface area (Å²) in [5.74, 6) is 0.952. The second-order valence-corrected chi connectivity index (χ2v) is 11.6. The van der Waals surface area contributed by atoms with Crippen LogP contribution in [0.4, 0.5) is 11.5 Å². The van der Waals surface area contributed by atoms with E-state index in [1.807, 2.05) is 25.1 Å². The lowest BCUT2D eigenvalue weighted by molar-refractivity contribution is 0.268. The van der Waals surface area contributed by atoms with Gasteiger partial charge in [-0.1, -0.05) is 18.6 Å². The number of piperazine rings is 1. The van der Waals surface area contributed by atoms with Crippen LogP contribution in [0.15, 0.2) is 53.4 Å². The monoisotopic (exact) mass is 478 g/mol. The minimum Gasteiger partial charge on any atom is -0.368 e. The van der Waals surface area contributed by atoms with Gasteiger partial charge in [0.2, 0.25) is 10.0 Å². The van der Waals surface area contributed by atoms with Gasteiger partial charge in [0.15, 0.2) is 0 Å². The fraction of sp³-hybridized carbons (Fsp3) is 0.444. The van der Waals surface area contributed by atoms with Gasteiger partial charge in [0.25, 0.3) is 0 Å². The fourth-order valence-corrected chi connectivity index (χ4v) is 6.98. The molecule has 0 unspecified atom stereocenters. The highest BCUT2D eigenvalue weighted by Crippen LogP contribution is 2.29. The molecule has 5 rings (SSSR count). The SMILES string of the molecule is Cc1cccc(N2CCN(c3ccc4cc(S(=O)(=O)N5CCCC[C@@H]5C)ccc4n3)CC2)c1C. The number of anilines is 2. The molecule has 1 aromatic heterocycles. The van der Waals surface area contributed by atoms with Gasteiger partial charge in [0.1, 0.15) is 5.82 Å². The molecule has 0 N–H and O–H groups in total. The molecule has 34 heavy (non-hydrogen) atoms. The number of fused-ring (bicyclic) bond motifs is 1. The summed E-state index contributed by atoms with van der Waals surface area (Å²) < 4.78 is 28.1. The van der Waals surface area contributed by atoms with Crippen molar-refractivity contribution in [3.05, 3.63) is 59.7 Å². The normalized spacial score (nSPS) is 20.1. The van der Waals surface area contributed by atoms with E-state index >= 15 is 0 Å². The summed E-state index contributed by atoms with van der Waals surface area (Å²) in [5, 5.41) is 0.864. The van der Waals surface area contributed by atoms with Gasteiger partial charge < -0.3 is 9.80 Å². The van der Waals surface area contributed by atoms with Crippen LogP contribution in [0.5, 0.6) is 0 Å². The molecule has 2 aromatic carbocycles. The van der Waals surface area contributed by atoms with Crippen LogP contribution >= 0.6 is 0 Å². The molecule has 0 saturated carbocycles. The molecule has 2 aliphatic heterocycles. The van der Waals surface area contributed by atoms with Gasteiger partial charge in [-0.15, -0.1) is 0 Å². The predicted molar refractivity (Wildman–Crippen MR) is 139 cm³/mol. The number of hydrogen-bond acceptors (Lipinski definition) is 5. The van der Waals surface area contributed by atoms with Crippen LogP contribution in [-0.4, -0.2) is 56.5 Å². The molecule has 7 heteroatoms. The lowest BCUT2D eigenvalue weighted by Gasteiger charge is -2.37. The number of pyridine rings is 1. The molecule has 0 spiro atoms. The summed E-state index contributed by atoms with van der Waals surface area (Å²) in [7, 11) is -3.48. The molecule has 3 aromatic rings. The molecule has 2 saturated heterocycles. The van der Waals surface area contributed by atoms with E-state index in [4.69, 9.17) is 4.98 Å². The molecular formula is C27H34N4O2S. The third-order valence-corrected chi connectivity index (χ3v) is 9.52. The Morgan fingerprint density at radius 2 is 1.65 bits per heavy atom. The molecule has 0 radical (unpaired) electrons. The van der Waals surface area contributed by atoms with Crippen molar-refractivity contribution in [2.75, 3.05) is 42.5 Å². The zero-order chi connectivity index (χ0) is 23.9. The summed E-state index contributed by atoms with van der Waals surface area (Å²) in [6, 6.07) is 15.9. The second kappa shape index (κ2) is 9.19. The number of aromatic nitrogens is 1. The Labute approximate surface area is 203 Å². The molecule has 1 atom stereocenters. The second-order valence-electron chi connectivity index (χ2n) is 9.68. The van der Waals surface area contributed by atoms with E-state index < -0.39 is 10.0 Å². The molecule has 180 valence electrons. The quantitative estimate of drug-likeness (QED) is 0.542. The van der Waals surface area contributed by atoms with Gasteiger partial charge in [-0.3, -0.25) is 0 Å². The van der Waals surface area contributed by atoms with Crippen LogP contribution in [-0.2, 0) is 10.0 Å². The Kier molecular flexibility index (Phi) is 6.25. The Balaban J connectivity index is 1.33. The van der Waals surface area contributed by atoms with Crippen LogP contribution in [0, 0.1) is 13.8 Å². The topological polar surface area (TPSA) is 56.8 Å². The maximum atomic E-state index is 13.2. The summed E-state index contributed by atoms with van der Waals surface area (Å²) in [5.41, 5.74) is 4.83. The molecule has 2 fully saturated rings. The number of hydrogen-bond donors (Lipinski definition) is 0. The van der Waals surface area contributed by atoms with Gasteiger partial charge >= 0.3 is 0 Å². The maximum absolute atomic E-state index is 13.2. The molecular weight excluding hydrogens is 444 g/mol. The van der Waals surface area contributed by atoms with E-state index in [1.54, 1.807) is 16.4 Å². The Morgan fingerprint density at radius 1 is 0.882 bits per heavy atom. The third kappa shape index (κ3) is 4.27. The lowest BCUT2D eigenvalue weighted by Crippen LogP contribution is -2.47. The van der Waals surface area contributed by atoms with Crippen molar-refractivity contribution in [1.82, 2.24) is 9.29 Å². The van der Waals surface area contributed by atoms with Crippen LogP contribution in [0.25, 0.3) is 10.9 Å². The summed E-state index contributed by atoms with van der Waals surface area (Å²) in [6.07, 6.45) is 2.95. The van der Waals surface area contributed by atoms with E-state index in [9.17, 15) is 8.42 Å². The number of aryl methyl sites for hydroxylation is 1. The average molecular weight is 479 g/mol. The van der Waals surface area contributed by atoms with Crippen molar-refractivity contribution in [3.63, 3.8) is 0 Å². The highest BCUT2D eigenvalue weighted by molar-refractivity contribution is 7.89. The average Bonchev–Trinajstić information content (AvgIpc) is 2.85. The van der Waals surface area contributed by atoms with E-state index in [1.165, 1.54) is 16.8 Å². The van der Waals surface area contributed by atoms with Crippen LogP contribution < -0.4 is 9.80 Å². The number of sulfonamides is 1. The molecule has 2 aliphatic rings. The highest BCUT2D eigenvalue weighted by Gasteiger charge is 2.31. The Hall–Kier alpha value is -2.64. The lowest BCUT2D eigenvalue weighted by atomic mass is 10.1. The predicted octanol–water partition coefficient (Wildman–Crippen LogP) is 4.74. The molecule has 0 bridgehead atoms. The van der Waals surface area contributed by atoms with Crippen molar-refractivity contribution in [1.29, 1.82) is 0 Å². The highest BCUT2D eigenvalue weighted by atomic mass is 32.2. The minimum absolute atomic E-state index is 0.0530. The summed E-state index contributed by atoms with van der Waals surface area (Å²) >= 11 is 0. The minimum atomic E-state index is -3.48. The van der Waals surface area contributed by atoms with Gasteiger partial charge in [-0.05, 0) is 81.1 Å². The first kappa shape index (κ1) is 23.1. The van der Waals surface area contributed by atoms with Crippen molar-refractivity contribution in [3.8, 4) is 0 Å². The van der Waals surface area contributed by atoms with E-state index in [-0.39, 0.29) is 6.04 Å². The van der Waals surface area contributed by atoms with Crippen molar-refractivity contribution in [2.24, 2.45) is 0 Å². The number of benzene rings is 2. The molecule has 6 nitrogen and oxygen atoms in total. The van der Waals surface area contributed by atoms with Gasteiger partial charge in [-0.2, -0.15) is 4.31 Å². The van der Waals surface area contributed by atoms with E-state index in [0.717, 1.165) is 62.2 Å². The Bertz CT molecular complexity index is 1300. The van der Waals surface area contributed by atoms with Crippen molar-refractivity contribution < 1.29 is 8.42 Å². The summed E-state index contributed by atoms with van der Waals surface area (Å²) in [6.45, 7) is 10.7. The first-order valence-corrected chi connectivity index (χ1v) is 13.8. The number of nitrogens with zero attached hydrogens (tertiary/aromatic N) is 4. The van der Waals surface area contributed by atoms with Gasteiger partial charge in [-0.25, -0.2) is 13.4 Å². The zero-order valence-corrected chi connectivity index (χ0v) is 21.2. The number of rotatable bonds is 4. The third-order valence-electron chi connectivity index (χ3n) is 7.51. The summed E-state index contributed by atoms with van der Waals surface area (Å²) in [4.78, 5) is 10.0. The molecule has 0 amide bonds. The van der Waals surface area contributed by atoms with Crippen LogP contribution in [0.1, 0.15) is 37.3 Å². The van der Waals surface area contributed by atoms with Gasteiger partial charge in [0, 0.05) is 49.8 Å². The van der Waals surface area contributed by atoms with Crippen molar-refractivity contribution >= 4 is 32.4 Å². The van der Waals surface area contributed by atoms with E-state index in [2.05, 4.69) is 41.8 Å². The van der Waals surface area contributed by atoms with Crippen molar-refractivity contribution in [2.45, 2.75) is 51.0 Å². The van der Waals surface area contributed by atoms with Crippen LogP contribution in [0.3, 0.4) is 0 Å². The number of piperidine rings is 1. The van der Waals surface area contributed by atoms with E-state index in [0.29, 0.717) is 11.4 Å². The van der Waals surface area contributed by atoms with Crippen LogP contribution in [0.2, 0.25) is 0 Å².